The summed E-state index contributed by atoms with van der Waals surface area (Å²) in [7, 11) is 2.09. The SMILES string of the molecule is CN1CCN(c2cc(C(=O)NCCc3ccccc3F)ncn2)CC1. The second-order valence-electron chi connectivity index (χ2n) is 6.15. The number of nitrogens with zero attached hydrogens (tertiary/aromatic N) is 4. The molecule has 1 amide bonds. The lowest BCUT2D eigenvalue weighted by Gasteiger charge is -2.33. The molecule has 7 heteroatoms. The van der Waals surface area contributed by atoms with Gasteiger partial charge in [-0.05, 0) is 25.1 Å². The summed E-state index contributed by atoms with van der Waals surface area (Å²) < 4.78 is 13.6. The summed E-state index contributed by atoms with van der Waals surface area (Å²) in [6, 6.07) is 8.29. The van der Waals surface area contributed by atoms with E-state index in [0.717, 1.165) is 32.0 Å². The molecular weight excluding hydrogens is 321 g/mol. The molecule has 1 saturated heterocycles. The van der Waals surface area contributed by atoms with Crippen molar-refractivity contribution in [1.82, 2.24) is 20.2 Å². The summed E-state index contributed by atoms with van der Waals surface area (Å²) in [4.78, 5) is 25.0. The Balaban J connectivity index is 1.57. The van der Waals surface area contributed by atoms with Gasteiger partial charge in [0.2, 0.25) is 0 Å². The summed E-state index contributed by atoms with van der Waals surface area (Å²) in [5.74, 6) is 0.243. The molecule has 1 aliphatic heterocycles. The van der Waals surface area contributed by atoms with Crippen molar-refractivity contribution < 1.29 is 9.18 Å². The molecule has 0 bridgehead atoms. The fourth-order valence-corrected chi connectivity index (χ4v) is 2.78. The van der Waals surface area contributed by atoms with Crippen LogP contribution in [0.5, 0.6) is 0 Å². The van der Waals surface area contributed by atoms with E-state index in [-0.39, 0.29) is 11.7 Å². The monoisotopic (exact) mass is 343 g/mol. The maximum atomic E-state index is 13.6. The molecule has 0 radical (unpaired) electrons. The maximum absolute atomic E-state index is 13.6. The lowest BCUT2D eigenvalue weighted by Crippen LogP contribution is -2.45. The largest absolute Gasteiger partial charge is 0.354 e. The highest BCUT2D eigenvalue weighted by Crippen LogP contribution is 2.13. The lowest BCUT2D eigenvalue weighted by molar-refractivity contribution is 0.0949. The van der Waals surface area contributed by atoms with E-state index in [1.807, 2.05) is 0 Å². The van der Waals surface area contributed by atoms with Gasteiger partial charge in [0.1, 0.15) is 23.7 Å². The zero-order chi connectivity index (χ0) is 17.6. The molecule has 6 nitrogen and oxygen atoms in total. The number of rotatable bonds is 5. The Morgan fingerprint density at radius 3 is 2.72 bits per heavy atom. The van der Waals surface area contributed by atoms with Crippen LogP contribution in [-0.4, -0.2) is 60.5 Å². The van der Waals surface area contributed by atoms with Crippen LogP contribution in [0, 0.1) is 5.82 Å². The minimum Gasteiger partial charge on any atom is -0.354 e. The van der Waals surface area contributed by atoms with Crippen molar-refractivity contribution in [2.45, 2.75) is 6.42 Å². The highest BCUT2D eigenvalue weighted by atomic mass is 19.1. The number of halogens is 1. The Morgan fingerprint density at radius 1 is 1.20 bits per heavy atom. The second-order valence-corrected chi connectivity index (χ2v) is 6.15. The summed E-state index contributed by atoms with van der Waals surface area (Å²) in [6.07, 6.45) is 1.86. The smallest absolute Gasteiger partial charge is 0.270 e. The Labute approximate surface area is 146 Å². The number of anilines is 1. The molecule has 1 aromatic heterocycles. The van der Waals surface area contributed by atoms with Crippen LogP contribution in [0.4, 0.5) is 10.2 Å². The predicted molar refractivity (Wildman–Crippen MR) is 94.2 cm³/mol. The van der Waals surface area contributed by atoms with Gasteiger partial charge in [0, 0.05) is 38.8 Å². The fraction of sp³-hybridized carbons (Fsp3) is 0.389. The highest BCUT2D eigenvalue weighted by molar-refractivity contribution is 5.92. The Hall–Kier alpha value is -2.54. The number of hydrogen-bond acceptors (Lipinski definition) is 5. The minimum atomic E-state index is -0.269. The van der Waals surface area contributed by atoms with E-state index < -0.39 is 0 Å². The van der Waals surface area contributed by atoms with E-state index in [1.54, 1.807) is 24.3 Å². The van der Waals surface area contributed by atoms with Crippen LogP contribution < -0.4 is 10.2 Å². The first kappa shape index (κ1) is 17.3. The van der Waals surface area contributed by atoms with Gasteiger partial charge in [0.15, 0.2) is 0 Å². The number of carbonyl (C=O) groups excluding carboxylic acids is 1. The number of hydrogen-bond donors (Lipinski definition) is 1. The molecule has 0 saturated carbocycles. The zero-order valence-corrected chi connectivity index (χ0v) is 14.3. The van der Waals surface area contributed by atoms with E-state index in [0.29, 0.717) is 24.2 Å². The summed E-state index contributed by atoms with van der Waals surface area (Å²) in [5, 5.41) is 2.79. The molecule has 0 spiro atoms. The van der Waals surface area contributed by atoms with Gasteiger partial charge in [0.25, 0.3) is 5.91 Å². The first-order chi connectivity index (χ1) is 12.1. The summed E-state index contributed by atoms with van der Waals surface area (Å²) in [6.45, 7) is 4.04. The van der Waals surface area contributed by atoms with Gasteiger partial charge in [-0.15, -0.1) is 0 Å². The fourth-order valence-electron chi connectivity index (χ4n) is 2.78. The van der Waals surface area contributed by atoms with E-state index >= 15 is 0 Å². The van der Waals surface area contributed by atoms with Crippen LogP contribution in [0.2, 0.25) is 0 Å². The van der Waals surface area contributed by atoms with Crippen molar-refractivity contribution >= 4 is 11.7 Å². The van der Waals surface area contributed by atoms with Crippen LogP contribution in [0.15, 0.2) is 36.7 Å². The number of aromatic nitrogens is 2. The van der Waals surface area contributed by atoms with Gasteiger partial charge < -0.3 is 15.1 Å². The van der Waals surface area contributed by atoms with Crippen LogP contribution in [0.3, 0.4) is 0 Å². The molecule has 1 N–H and O–H groups in total. The van der Waals surface area contributed by atoms with E-state index in [9.17, 15) is 9.18 Å². The van der Waals surface area contributed by atoms with Crippen molar-refractivity contribution in [3.8, 4) is 0 Å². The number of benzene rings is 1. The maximum Gasteiger partial charge on any atom is 0.270 e. The van der Waals surface area contributed by atoms with Gasteiger partial charge in [-0.1, -0.05) is 18.2 Å². The number of nitrogens with one attached hydrogen (secondary N) is 1. The third kappa shape index (κ3) is 4.51. The first-order valence-electron chi connectivity index (χ1n) is 8.40. The molecule has 1 aliphatic rings. The standard InChI is InChI=1S/C18H22FN5O/c1-23-8-10-24(11-9-23)17-12-16(21-13-22-17)18(25)20-7-6-14-4-2-3-5-15(14)19/h2-5,12-13H,6-11H2,1H3,(H,20,25). The third-order valence-corrected chi connectivity index (χ3v) is 4.35. The van der Waals surface area contributed by atoms with E-state index in [1.165, 1.54) is 12.4 Å². The molecule has 3 rings (SSSR count). The quantitative estimate of drug-likeness (QED) is 0.888. The molecule has 25 heavy (non-hydrogen) atoms. The summed E-state index contributed by atoms with van der Waals surface area (Å²) in [5.41, 5.74) is 0.918. The van der Waals surface area contributed by atoms with E-state index in [4.69, 9.17) is 0 Å². The van der Waals surface area contributed by atoms with Crippen molar-refractivity contribution in [3.63, 3.8) is 0 Å². The molecule has 132 valence electrons. The summed E-state index contributed by atoms with van der Waals surface area (Å²) >= 11 is 0. The van der Waals surface area contributed by atoms with Crippen molar-refractivity contribution in [2.75, 3.05) is 44.7 Å². The van der Waals surface area contributed by atoms with Crippen LogP contribution in [0.25, 0.3) is 0 Å². The third-order valence-electron chi connectivity index (χ3n) is 4.35. The Bertz CT molecular complexity index is 731. The Morgan fingerprint density at radius 2 is 1.96 bits per heavy atom. The van der Waals surface area contributed by atoms with Crippen LogP contribution in [-0.2, 0) is 6.42 Å². The predicted octanol–water partition coefficient (Wildman–Crippen LogP) is 1.34. The van der Waals surface area contributed by atoms with E-state index in [2.05, 4.69) is 32.1 Å². The van der Waals surface area contributed by atoms with Gasteiger partial charge in [-0.2, -0.15) is 0 Å². The molecule has 0 unspecified atom stereocenters. The topological polar surface area (TPSA) is 61.4 Å². The van der Waals surface area contributed by atoms with Crippen molar-refractivity contribution in [1.29, 1.82) is 0 Å². The number of likely N-dealkylation sites (N-methyl/N-ethyl adjacent to an activating group) is 1. The van der Waals surface area contributed by atoms with Crippen LogP contribution >= 0.6 is 0 Å². The molecule has 1 aromatic carbocycles. The van der Waals surface area contributed by atoms with Gasteiger partial charge >= 0.3 is 0 Å². The van der Waals surface area contributed by atoms with Gasteiger partial charge in [-0.3, -0.25) is 4.79 Å². The molecule has 0 atom stereocenters. The van der Waals surface area contributed by atoms with Crippen molar-refractivity contribution in [2.24, 2.45) is 0 Å². The van der Waals surface area contributed by atoms with Crippen molar-refractivity contribution in [3.05, 3.63) is 53.7 Å². The zero-order valence-electron chi connectivity index (χ0n) is 14.3. The van der Waals surface area contributed by atoms with Crippen LogP contribution in [0.1, 0.15) is 16.1 Å². The molecule has 2 aromatic rings. The number of piperazine rings is 1. The molecule has 1 fully saturated rings. The minimum absolute atomic E-state index is 0.254. The lowest BCUT2D eigenvalue weighted by atomic mass is 10.1. The number of carbonyl (C=O) groups is 1. The average molecular weight is 343 g/mol. The Kier molecular flexibility index (Phi) is 5.55. The normalized spacial score (nSPS) is 15.2. The average Bonchev–Trinajstić information content (AvgIpc) is 2.64. The first-order valence-corrected chi connectivity index (χ1v) is 8.40. The number of amides is 1. The van der Waals surface area contributed by atoms with Gasteiger partial charge in [0.05, 0.1) is 0 Å². The molecule has 0 aliphatic carbocycles. The van der Waals surface area contributed by atoms with Gasteiger partial charge in [-0.25, -0.2) is 14.4 Å². The second kappa shape index (κ2) is 8.02. The molecular formula is C18H22FN5O. The highest BCUT2D eigenvalue weighted by Gasteiger charge is 2.17. The molecule has 2 heterocycles.